The molecule has 0 aliphatic rings. The molecular weight excluding hydrogens is 420 g/mol. The molecule has 0 unspecified atom stereocenters. The monoisotopic (exact) mass is 433 g/mol. The summed E-state index contributed by atoms with van der Waals surface area (Å²) in [4.78, 5) is 0. The first-order valence-electron chi connectivity index (χ1n) is 7.86. The number of nitrogen functional groups attached to an aromatic ring is 1. The smallest absolute Gasteiger partial charge is 0.399 e. The Bertz CT molecular complexity index is 896. The average Bonchev–Trinajstić information content (AvgIpc) is 2.56. The minimum atomic E-state index is -6.38. The van der Waals surface area contributed by atoms with Crippen LogP contribution >= 0.6 is 0 Å². The van der Waals surface area contributed by atoms with Gasteiger partial charge in [0.05, 0.1) is 0 Å². The molecule has 0 amide bonds. The molecule has 160 valence electrons. The van der Waals surface area contributed by atoms with Crippen molar-refractivity contribution in [3.05, 3.63) is 64.2 Å². The molecule has 0 saturated heterocycles. The van der Waals surface area contributed by atoms with E-state index in [-0.39, 0.29) is 24.1 Å². The molecule has 0 aliphatic carbocycles. The molecule has 0 bridgehead atoms. The highest BCUT2D eigenvalue weighted by Crippen LogP contribution is 2.52. The fourth-order valence-electron chi connectivity index (χ4n) is 2.62. The summed E-state index contributed by atoms with van der Waals surface area (Å²) < 4.78 is 131. The Morgan fingerprint density at radius 1 is 0.655 bits per heavy atom. The molecule has 11 heteroatoms. The highest BCUT2D eigenvalue weighted by Gasteiger charge is 2.65. The van der Waals surface area contributed by atoms with Gasteiger partial charge in [-0.3, -0.25) is 0 Å². The molecule has 2 N–H and O–H groups in total. The molecule has 0 spiro atoms. The highest BCUT2D eigenvalue weighted by molar-refractivity contribution is 5.49. The Kier molecular flexibility index (Phi) is 5.59. The maximum atomic E-state index is 13.8. The van der Waals surface area contributed by atoms with Crippen molar-refractivity contribution in [1.82, 2.24) is 0 Å². The number of aryl methyl sites for hydroxylation is 1. The number of rotatable bonds is 4. The highest BCUT2D eigenvalue weighted by atomic mass is 19.4. The summed E-state index contributed by atoms with van der Waals surface area (Å²) in [6.07, 6.45) is -13.0. The predicted octanol–water partition coefficient (Wildman–Crippen LogP) is 6.48. The Morgan fingerprint density at radius 2 is 1.10 bits per heavy atom. The molecule has 0 fully saturated rings. The lowest BCUT2D eigenvalue weighted by molar-refractivity contribution is -0.301. The van der Waals surface area contributed by atoms with Crippen molar-refractivity contribution in [2.45, 2.75) is 37.5 Å². The molecule has 2 rings (SSSR count). The van der Waals surface area contributed by atoms with Crippen molar-refractivity contribution in [3.8, 4) is 0 Å². The Hall–Kier alpha value is -2.46. The average molecular weight is 433 g/mol. The van der Waals surface area contributed by atoms with Crippen LogP contribution < -0.4 is 5.73 Å². The van der Waals surface area contributed by atoms with Crippen molar-refractivity contribution in [2.75, 3.05) is 5.73 Å². The summed E-state index contributed by atoms with van der Waals surface area (Å²) >= 11 is 0. The van der Waals surface area contributed by atoms with Crippen LogP contribution in [0.4, 0.5) is 49.6 Å². The van der Waals surface area contributed by atoms with Gasteiger partial charge in [-0.25, -0.2) is 0 Å². The molecular formula is C18H13F10N. The summed E-state index contributed by atoms with van der Waals surface area (Å²) in [6.45, 7) is 1.59. The molecule has 0 heterocycles. The number of alkyl halides is 10. The van der Waals surface area contributed by atoms with Gasteiger partial charge in [-0.05, 0) is 42.2 Å². The zero-order valence-electron chi connectivity index (χ0n) is 14.5. The second-order valence-corrected chi connectivity index (χ2v) is 6.39. The van der Waals surface area contributed by atoms with Crippen molar-refractivity contribution >= 4 is 5.69 Å². The van der Waals surface area contributed by atoms with Crippen molar-refractivity contribution < 1.29 is 43.9 Å². The number of nitrogens with two attached hydrogens (primary N) is 1. The largest absolute Gasteiger partial charge is 0.458 e. The molecule has 0 radical (unpaired) electrons. The minimum Gasteiger partial charge on any atom is -0.399 e. The van der Waals surface area contributed by atoms with Gasteiger partial charge in [0.2, 0.25) is 0 Å². The Balaban J connectivity index is 2.64. The number of halogens is 10. The lowest BCUT2D eigenvalue weighted by atomic mass is 9.91. The normalized spacial score (nSPS) is 13.6. The van der Waals surface area contributed by atoms with Crippen LogP contribution in [0.3, 0.4) is 0 Å². The maximum Gasteiger partial charge on any atom is 0.458 e. The molecule has 0 aliphatic heterocycles. The van der Waals surface area contributed by atoms with E-state index in [1.54, 1.807) is 6.92 Å². The van der Waals surface area contributed by atoms with Gasteiger partial charge < -0.3 is 5.73 Å². The topological polar surface area (TPSA) is 26.0 Å². The van der Waals surface area contributed by atoms with Crippen LogP contribution in [0.25, 0.3) is 0 Å². The van der Waals surface area contributed by atoms with E-state index in [2.05, 4.69) is 0 Å². The van der Waals surface area contributed by atoms with Gasteiger partial charge in [0.15, 0.2) is 0 Å². The quantitative estimate of drug-likeness (QED) is 0.434. The van der Waals surface area contributed by atoms with E-state index in [4.69, 9.17) is 5.73 Å². The first-order valence-corrected chi connectivity index (χ1v) is 7.86. The number of hydrogen-bond acceptors (Lipinski definition) is 1. The van der Waals surface area contributed by atoms with Gasteiger partial charge in [-0.1, -0.05) is 24.3 Å². The summed E-state index contributed by atoms with van der Waals surface area (Å²) in [5.41, 5.74) is 1.71. The van der Waals surface area contributed by atoms with E-state index in [1.165, 1.54) is 18.2 Å². The van der Waals surface area contributed by atoms with Crippen LogP contribution in [0.1, 0.15) is 27.8 Å². The van der Waals surface area contributed by atoms with Crippen LogP contribution in [0.15, 0.2) is 36.4 Å². The second-order valence-electron chi connectivity index (χ2n) is 6.39. The molecule has 0 atom stereocenters. The first kappa shape index (κ1) is 22.8. The van der Waals surface area contributed by atoms with Gasteiger partial charge >= 0.3 is 24.2 Å². The van der Waals surface area contributed by atoms with E-state index in [0.29, 0.717) is 22.9 Å². The Labute approximate surface area is 158 Å². The molecule has 0 saturated carbocycles. The molecule has 29 heavy (non-hydrogen) atoms. The lowest BCUT2D eigenvalue weighted by Gasteiger charge is -2.28. The van der Waals surface area contributed by atoms with Gasteiger partial charge in [-0.2, -0.15) is 43.9 Å². The Morgan fingerprint density at radius 3 is 1.59 bits per heavy atom. The maximum absolute atomic E-state index is 13.8. The van der Waals surface area contributed by atoms with E-state index in [1.807, 2.05) is 0 Å². The number of anilines is 1. The summed E-state index contributed by atoms with van der Waals surface area (Å²) in [7, 11) is 0. The van der Waals surface area contributed by atoms with Crippen LogP contribution in [-0.4, -0.2) is 12.4 Å². The fraction of sp³-hybridized carbons (Fsp3) is 0.333. The van der Waals surface area contributed by atoms with Gasteiger partial charge in [-0.15, -0.1) is 0 Å². The molecule has 0 aromatic heterocycles. The summed E-state index contributed by atoms with van der Waals surface area (Å²) in [5, 5.41) is 0. The standard InChI is InChI=1S/C18H13F10N/c1-9-6-10(3-5-14(9)29)7-11-2-4-12(15(19,20)17(23,24)25)13(8-11)16(21,22)18(26,27)28/h2-6,8H,7,29H2,1H3. The SMILES string of the molecule is Cc1cc(Cc2ccc(C(F)(F)C(F)(F)F)c(C(F)(F)C(F)(F)F)c2)ccc1N. The fourth-order valence-corrected chi connectivity index (χ4v) is 2.62. The van der Waals surface area contributed by atoms with E-state index in [9.17, 15) is 43.9 Å². The third kappa shape index (κ3) is 4.27. The van der Waals surface area contributed by atoms with Crippen LogP contribution in [-0.2, 0) is 18.3 Å². The first-order chi connectivity index (χ1) is 13.0. The zero-order chi connectivity index (χ0) is 22.4. The van der Waals surface area contributed by atoms with Crippen molar-refractivity contribution in [1.29, 1.82) is 0 Å². The molecule has 2 aromatic rings. The minimum absolute atomic E-state index is 0.0220. The zero-order valence-corrected chi connectivity index (χ0v) is 14.5. The third-order valence-electron chi connectivity index (χ3n) is 4.22. The third-order valence-corrected chi connectivity index (χ3v) is 4.22. The summed E-state index contributed by atoms with van der Waals surface area (Å²) in [6, 6.07) is 4.95. The molecule has 2 aromatic carbocycles. The number of hydrogen-bond donors (Lipinski definition) is 1. The van der Waals surface area contributed by atoms with Crippen LogP contribution in [0.5, 0.6) is 0 Å². The lowest BCUT2D eigenvalue weighted by Crippen LogP contribution is -2.40. The van der Waals surface area contributed by atoms with E-state index < -0.39 is 35.3 Å². The van der Waals surface area contributed by atoms with Gasteiger partial charge in [0.1, 0.15) is 0 Å². The second kappa shape index (κ2) is 7.10. The van der Waals surface area contributed by atoms with Gasteiger partial charge in [0.25, 0.3) is 0 Å². The van der Waals surface area contributed by atoms with E-state index >= 15 is 0 Å². The van der Waals surface area contributed by atoms with Crippen LogP contribution in [0.2, 0.25) is 0 Å². The molecule has 1 nitrogen and oxygen atoms in total. The van der Waals surface area contributed by atoms with Crippen molar-refractivity contribution in [2.24, 2.45) is 0 Å². The predicted molar refractivity (Wildman–Crippen MR) is 84.7 cm³/mol. The van der Waals surface area contributed by atoms with Crippen LogP contribution in [0, 0.1) is 6.92 Å². The van der Waals surface area contributed by atoms with Gasteiger partial charge in [0, 0.05) is 16.8 Å². The van der Waals surface area contributed by atoms with Crippen molar-refractivity contribution in [3.63, 3.8) is 0 Å². The number of benzene rings is 2. The summed E-state index contributed by atoms with van der Waals surface area (Å²) in [5.74, 6) is -11.8. The van der Waals surface area contributed by atoms with E-state index in [0.717, 1.165) is 0 Å².